The van der Waals surface area contributed by atoms with Crippen LogP contribution in [0.3, 0.4) is 0 Å². The maximum absolute atomic E-state index is 12.5. The second kappa shape index (κ2) is 8.30. The molecule has 3 atom stereocenters. The number of amides is 2. The molecule has 0 spiro atoms. The lowest BCUT2D eigenvalue weighted by Crippen LogP contribution is -2.47. The molecule has 2 amide bonds. The molecular formula is C21H32N2O3. The van der Waals surface area contributed by atoms with Crippen LogP contribution < -0.4 is 15.4 Å². The fourth-order valence-corrected chi connectivity index (χ4v) is 4.12. The van der Waals surface area contributed by atoms with Crippen molar-refractivity contribution >= 4 is 6.03 Å². The van der Waals surface area contributed by atoms with Gasteiger partial charge in [-0.05, 0) is 37.2 Å². The maximum Gasteiger partial charge on any atom is 0.315 e. The highest BCUT2D eigenvalue weighted by atomic mass is 16.5. The molecule has 2 aliphatic heterocycles. The summed E-state index contributed by atoms with van der Waals surface area (Å²) in [5, 5.41) is 6.22. The van der Waals surface area contributed by atoms with Crippen LogP contribution in [0.1, 0.15) is 58.1 Å². The number of hydrogen-bond donors (Lipinski definition) is 2. The Morgan fingerprint density at radius 3 is 2.73 bits per heavy atom. The van der Waals surface area contributed by atoms with Gasteiger partial charge in [-0.15, -0.1) is 0 Å². The second-order valence-electron chi connectivity index (χ2n) is 8.50. The number of carbonyl (C=O) groups excluding carboxylic acids is 1. The summed E-state index contributed by atoms with van der Waals surface area (Å²) in [6.07, 6.45) is 4.17. The molecule has 1 aromatic carbocycles. The summed E-state index contributed by atoms with van der Waals surface area (Å²) >= 11 is 0. The van der Waals surface area contributed by atoms with E-state index in [1.54, 1.807) is 0 Å². The lowest BCUT2D eigenvalue weighted by Gasteiger charge is -2.40. The first-order chi connectivity index (χ1) is 12.4. The van der Waals surface area contributed by atoms with Gasteiger partial charge in [0.25, 0.3) is 0 Å². The van der Waals surface area contributed by atoms with Crippen LogP contribution in [0.5, 0.6) is 5.75 Å². The Morgan fingerprint density at radius 1 is 1.15 bits per heavy atom. The fraction of sp³-hybridized carbons (Fsp3) is 0.667. The van der Waals surface area contributed by atoms with Gasteiger partial charge in [-0.1, -0.05) is 39.0 Å². The number of para-hydroxylation sites is 1. The molecule has 26 heavy (non-hydrogen) atoms. The van der Waals surface area contributed by atoms with E-state index in [0.717, 1.165) is 43.6 Å². The van der Waals surface area contributed by atoms with E-state index in [0.29, 0.717) is 19.1 Å². The summed E-state index contributed by atoms with van der Waals surface area (Å²) in [5.41, 5.74) is 1.15. The van der Waals surface area contributed by atoms with E-state index in [1.807, 2.05) is 24.3 Å². The molecule has 0 bridgehead atoms. The lowest BCUT2D eigenvalue weighted by atomic mass is 9.78. The van der Waals surface area contributed by atoms with Gasteiger partial charge in [0, 0.05) is 24.6 Å². The molecule has 1 fully saturated rings. The van der Waals surface area contributed by atoms with Crippen molar-refractivity contribution < 1.29 is 14.3 Å². The van der Waals surface area contributed by atoms with E-state index in [4.69, 9.17) is 9.47 Å². The van der Waals surface area contributed by atoms with Gasteiger partial charge in [0.05, 0.1) is 18.8 Å². The Labute approximate surface area is 156 Å². The molecule has 0 radical (unpaired) electrons. The molecule has 1 aromatic rings. The molecule has 2 N–H and O–H groups in total. The number of benzene rings is 1. The quantitative estimate of drug-likeness (QED) is 0.855. The molecule has 5 nitrogen and oxygen atoms in total. The molecule has 0 unspecified atom stereocenters. The van der Waals surface area contributed by atoms with E-state index in [2.05, 4.69) is 31.4 Å². The highest BCUT2D eigenvalue weighted by Gasteiger charge is 2.35. The highest BCUT2D eigenvalue weighted by Crippen LogP contribution is 2.34. The van der Waals surface area contributed by atoms with Gasteiger partial charge < -0.3 is 20.1 Å². The Balaban J connectivity index is 1.57. The van der Waals surface area contributed by atoms with Crippen molar-refractivity contribution in [2.24, 2.45) is 11.3 Å². The lowest BCUT2D eigenvalue weighted by molar-refractivity contribution is -0.0838. The normalized spacial score (nSPS) is 26.2. The van der Waals surface area contributed by atoms with Gasteiger partial charge in [-0.2, -0.15) is 0 Å². The van der Waals surface area contributed by atoms with Crippen LogP contribution >= 0.6 is 0 Å². The number of hydrogen-bond acceptors (Lipinski definition) is 3. The van der Waals surface area contributed by atoms with Crippen LogP contribution in [0.4, 0.5) is 4.79 Å². The van der Waals surface area contributed by atoms with E-state index < -0.39 is 0 Å². The van der Waals surface area contributed by atoms with Crippen molar-refractivity contribution in [1.82, 2.24) is 10.6 Å². The van der Waals surface area contributed by atoms with Gasteiger partial charge >= 0.3 is 6.03 Å². The number of urea groups is 1. The van der Waals surface area contributed by atoms with Crippen molar-refractivity contribution in [3.05, 3.63) is 29.8 Å². The molecule has 5 heteroatoms. The standard InChI is InChI=1S/C21H32N2O3/c1-21(2,3)19-15(8-6-13-26-19)14-22-20(24)23-17-10-7-12-25-18-11-5-4-9-16(17)18/h4-5,9,11,15,17,19H,6-8,10,12-14H2,1-3H3,(H2,22,23,24)/t15-,17-,19+/m0/s1. The van der Waals surface area contributed by atoms with E-state index >= 15 is 0 Å². The zero-order valence-corrected chi connectivity index (χ0v) is 16.2. The summed E-state index contributed by atoms with van der Waals surface area (Å²) in [5.74, 6) is 1.24. The average Bonchev–Trinajstić information content (AvgIpc) is 2.82. The molecule has 3 rings (SSSR count). The number of nitrogens with one attached hydrogen (secondary N) is 2. The van der Waals surface area contributed by atoms with E-state index in [-0.39, 0.29) is 23.6 Å². The Bertz CT molecular complexity index is 612. The van der Waals surface area contributed by atoms with Crippen molar-refractivity contribution in [3.63, 3.8) is 0 Å². The van der Waals surface area contributed by atoms with Crippen LogP contribution in [-0.4, -0.2) is 31.9 Å². The summed E-state index contributed by atoms with van der Waals surface area (Å²) in [7, 11) is 0. The molecule has 0 aromatic heterocycles. The Hall–Kier alpha value is -1.75. The van der Waals surface area contributed by atoms with Crippen LogP contribution in [-0.2, 0) is 4.74 Å². The molecule has 2 heterocycles. The third kappa shape index (κ3) is 4.70. The van der Waals surface area contributed by atoms with Crippen molar-refractivity contribution in [1.29, 1.82) is 0 Å². The zero-order valence-electron chi connectivity index (χ0n) is 16.2. The summed E-state index contributed by atoms with van der Waals surface area (Å²) in [6, 6.07) is 7.86. The minimum Gasteiger partial charge on any atom is -0.493 e. The van der Waals surface area contributed by atoms with Gasteiger partial charge in [-0.25, -0.2) is 4.79 Å². The smallest absolute Gasteiger partial charge is 0.315 e. The third-order valence-electron chi connectivity index (χ3n) is 5.32. The summed E-state index contributed by atoms with van der Waals surface area (Å²) in [6.45, 7) is 8.79. The molecular weight excluding hydrogens is 328 g/mol. The first kappa shape index (κ1) is 19.0. The number of ether oxygens (including phenoxy) is 2. The summed E-state index contributed by atoms with van der Waals surface area (Å²) < 4.78 is 11.8. The van der Waals surface area contributed by atoms with Crippen molar-refractivity contribution in [2.45, 2.75) is 58.6 Å². The van der Waals surface area contributed by atoms with Crippen LogP contribution in [0, 0.1) is 11.3 Å². The van der Waals surface area contributed by atoms with Crippen LogP contribution in [0.15, 0.2) is 24.3 Å². The van der Waals surface area contributed by atoms with Crippen LogP contribution in [0.25, 0.3) is 0 Å². The predicted octanol–water partition coefficient (Wildman–Crippen LogP) is 4.04. The second-order valence-corrected chi connectivity index (χ2v) is 8.50. The van der Waals surface area contributed by atoms with E-state index in [9.17, 15) is 4.79 Å². The largest absolute Gasteiger partial charge is 0.493 e. The number of rotatable bonds is 3. The number of fused-ring (bicyclic) bond motifs is 1. The molecule has 2 aliphatic rings. The van der Waals surface area contributed by atoms with Gasteiger partial charge in [-0.3, -0.25) is 0 Å². The predicted molar refractivity (Wildman–Crippen MR) is 102 cm³/mol. The van der Waals surface area contributed by atoms with Crippen molar-refractivity contribution in [3.8, 4) is 5.75 Å². The number of carbonyl (C=O) groups is 1. The summed E-state index contributed by atoms with van der Waals surface area (Å²) in [4.78, 5) is 12.5. The maximum atomic E-state index is 12.5. The third-order valence-corrected chi connectivity index (χ3v) is 5.32. The van der Waals surface area contributed by atoms with Crippen molar-refractivity contribution in [2.75, 3.05) is 19.8 Å². The SMILES string of the molecule is CC(C)(C)[C@@H]1OCCC[C@H]1CNC(=O)N[C@H]1CCCOc2ccccc21. The van der Waals surface area contributed by atoms with Gasteiger partial charge in [0.2, 0.25) is 0 Å². The first-order valence-corrected chi connectivity index (χ1v) is 9.83. The monoisotopic (exact) mass is 360 g/mol. The fourth-order valence-electron chi connectivity index (χ4n) is 4.12. The van der Waals surface area contributed by atoms with Gasteiger partial charge in [0.15, 0.2) is 0 Å². The molecule has 0 saturated carbocycles. The zero-order chi connectivity index (χ0) is 18.6. The molecule has 0 aliphatic carbocycles. The van der Waals surface area contributed by atoms with Crippen LogP contribution in [0.2, 0.25) is 0 Å². The van der Waals surface area contributed by atoms with E-state index in [1.165, 1.54) is 0 Å². The van der Waals surface area contributed by atoms with Gasteiger partial charge in [0.1, 0.15) is 5.75 Å². The highest BCUT2D eigenvalue weighted by molar-refractivity contribution is 5.74. The Kier molecular flexibility index (Phi) is 6.07. The minimum atomic E-state index is -0.107. The molecule has 144 valence electrons. The Morgan fingerprint density at radius 2 is 1.92 bits per heavy atom. The molecule has 1 saturated heterocycles. The minimum absolute atomic E-state index is 0.00489. The topological polar surface area (TPSA) is 59.6 Å². The average molecular weight is 360 g/mol. The first-order valence-electron chi connectivity index (χ1n) is 9.83.